The van der Waals surface area contributed by atoms with E-state index < -0.39 is 0 Å². The standard InChI is InChI=1S/C26H24O2S4/c1-27-25-19-9-17(23-5-3-7-31-23)10-20(25)14-30-16-22-12-18(24-6-4-8-32-24)11-21(15-29-13-19)26(22)28-2/h3-12H,13-16H2,1-2H3. The van der Waals surface area contributed by atoms with Crippen LogP contribution in [0.25, 0.3) is 20.9 Å². The Morgan fingerprint density at radius 2 is 0.969 bits per heavy atom. The Balaban J connectivity index is 1.54. The monoisotopic (exact) mass is 496 g/mol. The van der Waals surface area contributed by atoms with Crippen LogP contribution in [0, 0.1) is 0 Å². The first kappa shape index (κ1) is 22.0. The summed E-state index contributed by atoms with van der Waals surface area (Å²) < 4.78 is 11.8. The topological polar surface area (TPSA) is 18.5 Å². The van der Waals surface area contributed by atoms with Gasteiger partial charge in [0, 0.05) is 55.0 Å². The number of rotatable bonds is 4. The molecule has 0 aliphatic carbocycles. The molecule has 2 aromatic carbocycles. The van der Waals surface area contributed by atoms with Gasteiger partial charge in [-0.25, -0.2) is 0 Å². The number of benzene rings is 2. The molecule has 0 saturated heterocycles. The van der Waals surface area contributed by atoms with Gasteiger partial charge >= 0.3 is 0 Å². The van der Waals surface area contributed by atoms with Gasteiger partial charge in [0.1, 0.15) is 11.5 Å². The largest absolute Gasteiger partial charge is 0.496 e. The molecule has 2 nitrogen and oxygen atoms in total. The third-order valence-corrected chi connectivity index (χ3v) is 9.43. The smallest absolute Gasteiger partial charge is 0.126 e. The molecule has 5 rings (SSSR count). The minimum absolute atomic E-state index is 0.905. The van der Waals surface area contributed by atoms with Crippen LogP contribution >= 0.6 is 46.2 Å². The molecule has 2 aromatic heterocycles. The average Bonchev–Trinajstić information content (AvgIpc) is 3.52. The Bertz CT molecular complexity index is 1050. The predicted octanol–water partition coefficient (Wildman–Crippen LogP) is 8.34. The highest BCUT2D eigenvalue weighted by Crippen LogP contribution is 2.41. The van der Waals surface area contributed by atoms with Crippen LogP contribution in [-0.4, -0.2) is 14.2 Å². The van der Waals surface area contributed by atoms with Crippen molar-refractivity contribution in [2.24, 2.45) is 0 Å². The van der Waals surface area contributed by atoms with E-state index in [1.807, 2.05) is 23.5 Å². The molecule has 0 atom stereocenters. The first-order chi connectivity index (χ1) is 15.8. The summed E-state index contributed by atoms with van der Waals surface area (Å²) in [4.78, 5) is 2.62. The quantitative estimate of drug-likeness (QED) is 0.282. The van der Waals surface area contributed by atoms with Crippen molar-refractivity contribution in [2.75, 3.05) is 14.2 Å². The van der Waals surface area contributed by atoms with Crippen LogP contribution in [0.2, 0.25) is 0 Å². The third-order valence-electron chi connectivity index (χ3n) is 5.54. The van der Waals surface area contributed by atoms with Crippen molar-refractivity contribution in [2.45, 2.75) is 23.0 Å². The lowest BCUT2D eigenvalue weighted by Gasteiger charge is -2.19. The fraction of sp³-hybridized carbons (Fsp3) is 0.231. The molecular weight excluding hydrogens is 473 g/mol. The molecule has 3 heterocycles. The maximum Gasteiger partial charge on any atom is 0.126 e. The zero-order valence-corrected chi connectivity index (χ0v) is 21.3. The summed E-state index contributed by atoms with van der Waals surface area (Å²) in [6.45, 7) is 0. The summed E-state index contributed by atoms with van der Waals surface area (Å²) in [6, 6.07) is 17.9. The Labute approximate surface area is 206 Å². The minimum Gasteiger partial charge on any atom is -0.496 e. The highest BCUT2D eigenvalue weighted by Gasteiger charge is 2.18. The van der Waals surface area contributed by atoms with Crippen LogP contribution in [0.5, 0.6) is 11.5 Å². The van der Waals surface area contributed by atoms with Crippen molar-refractivity contribution in [1.29, 1.82) is 0 Å². The van der Waals surface area contributed by atoms with Crippen LogP contribution in [-0.2, 0) is 23.0 Å². The first-order valence-corrected chi connectivity index (χ1v) is 14.5. The molecule has 1 aliphatic rings. The van der Waals surface area contributed by atoms with Crippen LogP contribution in [0.4, 0.5) is 0 Å². The third kappa shape index (κ3) is 4.46. The van der Waals surface area contributed by atoms with E-state index in [4.69, 9.17) is 9.47 Å². The van der Waals surface area contributed by atoms with Gasteiger partial charge in [-0.3, -0.25) is 0 Å². The summed E-state index contributed by atoms with van der Waals surface area (Å²) in [5.41, 5.74) is 7.67. The average molecular weight is 497 g/mol. The van der Waals surface area contributed by atoms with Gasteiger partial charge in [0.25, 0.3) is 0 Å². The van der Waals surface area contributed by atoms with Crippen LogP contribution < -0.4 is 9.47 Å². The number of thioether (sulfide) groups is 2. The molecule has 0 spiro atoms. The van der Waals surface area contributed by atoms with Gasteiger partial charge in [-0.05, 0) is 58.3 Å². The van der Waals surface area contributed by atoms with E-state index in [1.54, 1.807) is 36.9 Å². The number of ether oxygens (including phenoxy) is 2. The molecular formula is C26H24O2S4. The lowest BCUT2D eigenvalue weighted by molar-refractivity contribution is 0.407. The Morgan fingerprint density at radius 1 is 0.594 bits per heavy atom. The lowest BCUT2D eigenvalue weighted by atomic mass is 10.0. The van der Waals surface area contributed by atoms with Gasteiger partial charge in [0.2, 0.25) is 0 Å². The number of hydrogen-bond donors (Lipinski definition) is 0. The van der Waals surface area contributed by atoms with Crippen molar-refractivity contribution in [3.05, 3.63) is 81.5 Å². The van der Waals surface area contributed by atoms with Crippen molar-refractivity contribution in [1.82, 2.24) is 0 Å². The number of hydrogen-bond acceptors (Lipinski definition) is 6. The van der Waals surface area contributed by atoms with E-state index >= 15 is 0 Å². The lowest BCUT2D eigenvalue weighted by Crippen LogP contribution is -2.01. The zero-order valence-electron chi connectivity index (χ0n) is 18.1. The molecule has 0 saturated carbocycles. The zero-order chi connectivity index (χ0) is 21.9. The molecule has 1 aliphatic heterocycles. The highest BCUT2D eigenvalue weighted by molar-refractivity contribution is 7.98. The summed E-state index contributed by atoms with van der Waals surface area (Å²) in [6.07, 6.45) is 0. The molecule has 164 valence electrons. The van der Waals surface area contributed by atoms with Crippen molar-refractivity contribution < 1.29 is 9.47 Å². The SMILES string of the molecule is COc1c2cc(-c3cccs3)cc1CSCc1cc(-c3cccs3)cc(c1OC)CSC2. The summed E-state index contributed by atoms with van der Waals surface area (Å²) >= 11 is 7.43. The molecule has 4 bridgehead atoms. The highest BCUT2D eigenvalue weighted by atomic mass is 32.2. The normalized spacial score (nSPS) is 13.8. The fourth-order valence-corrected chi connectivity index (χ4v) is 7.55. The van der Waals surface area contributed by atoms with E-state index in [0.29, 0.717) is 0 Å². The molecule has 4 aromatic rings. The predicted molar refractivity (Wildman–Crippen MR) is 143 cm³/mol. The molecule has 0 amide bonds. The van der Waals surface area contributed by atoms with Crippen LogP contribution in [0.3, 0.4) is 0 Å². The van der Waals surface area contributed by atoms with Gasteiger partial charge in [-0.15, -0.1) is 22.7 Å². The van der Waals surface area contributed by atoms with E-state index in [2.05, 4.69) is 59.3 Å². The van der Waals surface area contributed by atoms with E-state index in [0.717, 1.165) is 34.5 Å². The molecule has 0 unspecified atom stereocenters. The second kappa shape index (κ2) is 9.96. The molecule has 0 N–H and O–H groups in total. The van der Waals surface area contributed by atoms with Crippen molar-refractivity contribution >= 4 is 46.2 Å². The van der Waals surface area contributed by atoms with Crippen molar-refractivity contribution in [3.63, 3.8) is 0 Å². The summed E-state index contributed by atoms with van der Waals surface area (Å²) in [5, 5.41) is 4.29. The second-order valence-corrected chi connectivity index (χ2v) is 11.5. The van der Waals surface area contributed by atoms with Crippen LogP contribution in [0.1, 0.15) is 22.3 Å². The fourth-order valence-electron chi connectivity index (χ4n) is 4.17. The van der Waals surface area contributed by atoms with E-state index in [-0.39, 0.29) is 0 Å². The number of thiophene rings is 2. The van der Waals surface area contributed by atoms with Gasteiger partial charge in [-0.2, -0.15) is 23.5 Å². The first-order valence-electron chi connectivity index (χ1n) is 10.4. The maximum absolute atomic E-state index is 5.91. The molecule has 32 heavy (non-hydrogen) atoms. The Kier molecular flexibility index (Phi) is 6.83. The molecule has 0 fully saturated rings. The van der Waals surface area contributed by atoms with Gasteiger partial charge in [-0.1, -0.05) is 12.1 Å². The second-order valence-electron chi connectivity index (χ2n) is 7.60. The minimum atomic E-state index is 0.905. The molecule has 0 radical (unpaired) electrons. The van der Waals surface area contributed by atoms with E-state index in [1.165, 1.54) is 43.1 Å². The number of fused-ring (bicyclic) bond motifs is 4. The summed E-state index contributed by atoms with van der Waals surface area (Å²) in [5.74, 6) is 5.70. The maximum atomic E-state index is 5.91. The summed E-state index contributed by atoms with van der Waals surface area (Å²) in [7, 11) is 3.60. The Hall–Kier alpha value is -1.86. The van der Waals surface area contributed by atoms with Crippen molar-refractivity contribution in [3.8, 4) is 32.4 Å². The molecule has 6 heteroatoms. The van der Waals surface area contributed by atoms with Gasteiger partial charge < -0.3 is 9.47 Å². The van der Waals surface area contributed by atoms with Gasteiger partial charge in [0.15, 0.2) is 0 Å². The van der Waals surface area contributed by atoms with Gasteiger partial charge in [0.05, 0.1) is 14.2 Å². The Morgan fingerprint density at radius 3 is 1.25 bits per heavy atom. The van der Waals surface area contributed by atoms with E-state index in [9.17, 15) is 0 Å². The van der Waals surface area contributed by atoms with Crippen LogP contribution in [0.15, 0.2) is 59.3 Å². The number of methoxy groups -OCH3 is 2.